The summed E-state index contributed by atoms with van der Waals surface area (Å²) in [6.07, 6.45) is 9.45. The van der Waals surface area contributed by atoms with E-state index in [9.17, 15) is 8.42 Å². The van der Waals surface area contributed by atoms with Crippen LogP contribution in [0.5, 0.6) is 0 Å². The Morgan fingerprint density at radius 1 is 1.14 bits per heavy atom. The van der Waals surface area contributed by atoms with Crippen molar-refractivity contribution >= 4 is 10.0 Å². The zero-order chi connectivity index (χ0) is 15.0. The SMILES string of the molecule is CCN(CCCN[C@@H]1C[C@H]2C[C@H]1[C@@H]1CCC[C@@H]21)S(C)(=O)=O. The second-order valence-corrected chi connectivity index (χ2v) is 9.31. The van der Waals surface area contributed by atoms with Crippen molar-refractivity contribution in [3.63, 3.8) is 0 Å². The van der Waals surface area contributed by atoms with Gasteiger partial charge in [0.2, 0.25) is 10.0 Å². The largest absolute Gasteiger partial charge is 0.314 e. The molecule has 3 aliphatic rings. The fourth-order valence-electron chi connectivity index (χ4n) is 5.40. The Hall–Kier alpha value is -0.130. The van der Waals surface area contributed by atoms with Crippen LogP contribution in [0.4, 0.5) is 0 Å². The van der Waals surface area contributed by atoms with Crippen LogP contribution in [0.1, 0.15) is 45.4 Å². The first-order chi connectivity index (χ1) is 10.0. The van der Waals surface area contributed by atoms with Crippen LogP contribution in [0.2, 0.25) is 0 Å². The molecule has 3 fully saturated rings. The summed E-state index contributed by atoms with van der Waals surface area (Å²) in [5, 5.41) is 3.74. The van der Waals surface area contributed by atoms with Crippen LogP contribution in [0, 0.1) is 23.7 Å². The van der Waals surface area contributed by atoms with Crippen molar-refractivity contribution in [3.05, 3.63) is 0 Å². The van der Waals surface area contributed by atoms with Gasteiger partial charge in [-0.05, 0) is 62.3 Å². The van der Waals surface area contributed by atoms with Gasteiger partial charge in [0.15, 0.2) is 0 Å². The van der Waals surface area contributed by atoms with Crippen LogP contribution in [0.15, 0.2) is 0 Å². The number of nitrogens with one attached hydrogen (secondary N) is 1. The van der Waals surface area contributed by atoms with Gasteiger partial charge in [0.1, 0.15) is 0 Å². The molecule has 3 aliphatic carbocycles. The van der Waals surface area contributed by atoms with Crippen LogP contribution in [-0.2, 0) is 10.0 Å². The number of rotatable bonds is 7. The van der Waals surface area contributed by atoms with E-state index < -0.39 is 10.0 Å². The topological polar surface area (TPSA) is 49.4 Å². The average molecular weight is 314 g/mol. The molecule has 21 heavy (non-hydrogen) atoms. The Bertz CT molecular complexity index is 465. The van der Waals surface area contributed by atoms with E-state index in [1.165, 1.54) is 38.4 Å². The van der Waals surface area contributed by atoms with Gasteiger partial charge in [-0.25, -0.2) is 12.7 Å². The lowest BCUT2D eigenvalue weighted by molar-refractivity contribution is 0.208. The zero-order valence-corrected chi connectivity index (χ0v) is 14.2. The molecule has 3 rings (SSSR count). The Kier molecular flexibility index (Phi) is 4.63. The van der Waals surface area contributed by atoms with E-state index >= 15 is 0 Å². The van der Waals surface area contributed by atoms with Crippen molar-refractivity contribution in [2.45, 2.75) is 51.5 Å². The predicted molar refractivity (Wildman–Crippen MR) is 85.5 cm³/mol. The van der Waals surface area contributed by atoms with Gasteiger partial charge in [-0.3, -0.25) is 0 Å². The minimum absolute atomic E-state index is 0.580. The van der Waals surface area contributed by atoms with Gasteiger partial charge < -0.3 is 5.32 Å². The molecule has 0 unspecified atom stereocenters. The third-order valence-electron chi connectivity index (χ3n) is 6.24. The van der Waals surface area contributed by atoms with Crippen molar-refractivity contribution in [2.75, 3.05) is 25.9 Å². The summed E-state index contributed by atoms with van der Waals surface area (Å²) in [6.45, 7) is 4.09. The lowest BCUT2D eigenvalue weighted by atomic mass is 9.79. The fourth-order valence-corrected chi connectivity index (χ4v) is 6.33. The van der Waals surface area contributed by atoms with Gasteiger partial charge in [-0.2, -0.15) is 0 Å². The molecule has 122 valence electrons. The van der Waals surface area contributed by atoms with E-state index in [2.05, 4.69) is 5.32 Å². The van der Waals surface area contributed by atoms with Gasteiger partial charge >= 0.3 is 0 Å². The molecule has 0 aromatic carbocycles. The molecule has 4 nitrogen and oxygen atoms in total. The Labute approximate surface area is 129 Å². The Balaban J connectivity index is 1.41. The summed E-state index contributed by atoms with van der Waals surface area (Å²) < 4.78 is 24.7. The van der Waals surface area contributed by atoms with E-state index in [4.69, 9.17) is 0 Å². The first kappa shape index (κ1) is 15.8. The van der Waals surface area contributed by atoms with Gasteiger partial charge in [0.05, 0.1) is 6.26 Å². The van der Waals surface area contributed by atoms with E-state index in [-0.39, 0.29) is 0 Å². The van der Waals surface area contributed by atoms with Gasteiger partial charge in [0, 0.05) is 19.1 Å². The lowest BCUT2D eigenvalue weighted by Crippen LogP contribution is -2.40. The highest BCUT2D eigenvalue weighted by molar-refractivity contribution is 7.88. The van der Waals surface area contributed by atoms with Crippen LogP contribution in [0.3, 0.4) is 0 Å². The average Bonchev–Trinajstić information content (AvgIpc) is 3.09. The second kappa shape index (κ2) is 6.17. The number of hydrogen-bond donors (Lipinski definition) is 1. The lowest BCUT2D eigenvalue weighted by Gasteiger charge is -2.32. The maximum atomic E-state index is 11.5. The molecular weight excluding hydrogens is 284 g/mol. The van der Waals surface area contributed by atoms with Crippen molar-refractivity contribution in [1.82, 2.24) is 9.62 Å². The van der Waals surface area contributed by atoms with Crippen LogP contribution >= 0.6 is 0 Å². The maximum absolute atomic E-state index is 11.5. The number of hydrogen-bond acceptors (Lipinski definition) is 3. The minimum Gasteiger partial charge on any atom is -0.314 e. The molecule has 2 bridgehead atoms. The first-order valence-electron chi connectivity index (χ1n) is 8.69. The van der Waals surface area contributed by atoms with Crippen LogP contribution < -0.4 is 5.32 Å². The Morgan fingerprint density at radius 3 is 2.62 bits per heavy atom. The molecule has 0 aromatic heterocycles. The molecular formula is C16H30N2O2S. The summed E-state index contributed by atoms with van der Waals surface area (Å²) in [4.78, 5) is 0. The summed E-state index contributed by atoms with van der Waals surface area (Å²) in [5.41, 5.74) is 0. The van der Waals surface area contributed by atoms with Crippen molar-refractivity contribution in [2.24, 2.45) is 23.7 Å². The summed E-state index contributed by atoms with van der Waals surface area (Å²) in [6, 6.07) is 0.711. The third-order valence-corrected chi connectivity index (χ3v) is 7.62. The highest BCUT2D eigenvalue weighted by Gasteiger charge is 2.53. The molecule has 0 aliphatic heterocycles. The number of sulfonamides is 1. The highest BCUT2D eigenvalue weighted by Crippen LogP contribution is 2.58. The molecule has 0 saturated heterocycles. The molecule has 0 radical (unpaired) electrons. The molecule has 0 heterocycles. The van der Waals surface area contributed by atoms with E-state index in [1.807, 2.05) is 6.92 Å². The molecule has 0 aromatic rings. The summed E-state index contributed by atoms with van der Waals surface area (Å²) in [7, 11) is -3.03. The quantitative estimate of drug-likeness (QED) is 0.732. The Morgan fingerprint density at radius 2 is 1.90 bits per heavy atom. The van der Waals surface area contributed by atoms with Crippen LogP contribution in [-0.4, -0.2) is 44.7 Å². The number of fused-ring (bicyclic) bond motifs is 5. The third kappa shape index (κ3) is 3.15. The molecule has 3 saturated carbocycles. The van der Waals surface area contributed by atoms with Gasteiger partial charge in [0.25, 0.3) is 0 Å². The summed E-state index contributed by atoms with van der Waals surface area (Å²) >= 11 is 0. The van der Waals surface area contributed by atoms with Crippen molar-refractivity contribution in [3.8, 4) is 0 Å². The summed E-state index contributed by atoms with van der Waals surface area (Å²) in [5.74, 6) is 3.96. The van der Waals surface area contributed by atoms with Gasteiger partial charge in [-0.15, -0.1) is 0 Å². The van der Waals surface area contributed by atoms with Crippen molar-refractivity contribution < 1.29 is 8.42 Å². The first-order valence-corrected chi connectivity index (χ1v) is 10.5. The zero-order valence-electron chi connectivity index (χ0n) is 13.4. The molecule has 0 spiro atoms. The highest BCUT2D eigenvalue weighted by atomic mass is 32.2. The smallest absolute Gasteiger partial charge is 0.211 e. The number of nitrogens with zero attached hydrogens (tertiary/aromatic N) is 1. The van der Waals surface area contributed by atoms with Crippen molar-refractivity contribution in [1.29, 1.82) is 0 Å². The second-order valence-electron chi connectivity index (χ2n) is 7.32. The maximum Gasteiger partial charge on any atom is 0.211 e. The standard InChI is InChI=1S/C16H30N2O2S/c1-3-18(21(2,19)20)9-5-8-17-16-11-12-10-15(16)14-7-4-6-13(12)14/h12-17H,3-11H2,1-2H3/t12-,13+,14-,15+,16-/m1/s1. The molecule has 5 heteroatoms. The fraction of sp³-hybridized carbons (Fsp3) is 1.00. The predicted octanol–water partition coefficient (Wildman–Crippen LogP) is 2.07. The van der Waals surface area contributed by atoms with Gasteiger partial charge in [-0.1, -0.05) is 13.3 Å². The van der Waals surface area contributed by atoms with E-state index in [0.29, 0.717) is 19.1 Å². The molecule has 5 atom stereocenters. The van der Waals surface area contributed by atoms with Crippen LogP contribution in [0.25, 0.3) is 0 Å². The van der Waals surface area contributed by atoms with E-state index in [1.54, 1.807) is 4.31 Å². The van der Waals surface area contributed by atoms with E-state index in [0.717, 1.165) is 36.6 Å². The molecule has 0 amide bonds. The minimum atomic E-state index is -3.03. The molecule has 1 N–H and O–H groups in total. The monoisotopic (exact) mass is 314 g/mol. The normalized spacial score (nSPS) is 38.3.